The Morgan fingerprint density at radius 2 is 1.44 bits per heavy atom. The summed E-state index contributed by atoms with van der Waals surface area (Å²) < 4.78 is 0. The average Bonchev–Trinajstić information content (AvgIpc) is 2.29. The van der Waals surface area contributed by atoms with Crippen molar-refractivity contribution < 1.29 is 0 Å². The molecular formula is C13H9Cl3. The van der Waals surface area contributed by atoms with E-state index in [1.54, 1.807) is 0 Å². The van der Waals surface area contributed by atoms with Crippen LogP contribution in [0.2, 0.25) is 5.02 Å². The van der Waals surface area contributed by atoms with Crippen LogP contribution in [0.4, 0.5) is 0 Å². The van der Waals surface area contributed by atoms with E-state index in [-0.39, 0.29) is 0 Å². The van der Waals surface area contributed by atoms with Gasteiger partial charge in [0.05, 0.1) is 0 Å². The number of benzene rings is 2. The summed E-state index contributed by atoms with van der Waals surface area (Å²) in [5.41, 5.74) is 3.01. The van der Waals surface area contributed by atoms with Crippen LogP contribution in [0.15, 0.2) is 48.5 Å². The fourth-order valence-corrected chi connectivity index (χ4v) is 1.98. The van der Waals surface area contributed by atoms with Crippen LogP contribution < -0.4 is 0 Å². The number of rotatable bonds is 2. The van der Waals surface area contributed by atoms with Crippen LogP contribution in [0, 0.1) is 0 Å². The molecule has 0 aliphatic carbocycles. The van der Waals surface area contributed by atoms with Gasteiger partial charge in [0, 0.05) is 5.02 Å². The Morgan fingerprint density at radius 1 is 0.812 bits per heavy atom. The molecule has 2 aromatic rings. The predicted octanol–water partition coefficient (Wildman–Crippen LogP) is 5.48. The van der Waals surface area contributed by atoms with Gasteiger partial charge in [0.25, 0.3) is 0 Å². The molecule has 0 N–H and O–H groups in total. The van der Waals surface area contributed by atoms with E-state index in [9.17, 15) is 0 Å². The van der Waals surface area contributed by atoms with Gasteiger partial charge in [-0.1, -0.05) is 41.9 Å². The van der Waals surface area contributed by atoms with Gasteiger partial charge < -0.3 is 0 Å². The first-order chi connectivity index (χ1) is 7.66. The maximum atomic E-state index is 5.94. The molecule has 0 unspecified atom stereocenters. The zero-order valence-electron chi connectivity index (χ0n) is 8.33. The van der Waals surface area contributed by atoms with Crippen LogP contribution >= 0.6 is 34.8 Å². The Kier molecular flexibility index (Phi) is 3.75. The van der Waals surface area contributed by atoms with Crippen molar-refractivity contribution in [3.63, 3.8) is 0 Å². The van der Waals surface area contributed by atoms with Gasteiger partial charge in [-0.15, -0.1) is 23.2 Å². The molecule has 0 atom stereocenters. The standard InChI is InChI=1S/C13H9Cl3/c14-12-6-2-4-10(8-12)9-3-1-5-11(7-9)13(15)16/h1-8,13H. The normalized spacial score (nSPS) is 10.8. The quantitative estimate of drug-likeness (QED) is 0.634. The molecule has 0 heterocycles. The number of hydrogen-bond acceptors (Lipinski definition) is 0. The SMILES string of the molecule is Clc1cccc(-c2cccc(C(Cl)Cl)c2)c1. The van der Waals surface area contributed by atoms with Gasteiger partial charge in [-0.05, 0) is 34.9 Å². The van der Waals surface area contributed by atoms with Crippen molar-refractivity contribution in [1.82, 2.24) is 0 Å². The Morgan fingerprint density at radius 3 is 2.06 bits per heavy atom. The molecule has 0 saturated heterocycles. The lowest BCUT2D eigenvalue weighted by molar-refractivity contribution is 1.35. The molecule has 16 heavy (non-hydrogen) atoms. The van der Waals surface area contributed by atoms with Crippen LogP contribution in [-0.4, -0.2) is 0 Å². The van der Waals surface area contributed by atoms with Gasteiger partial charge in [0.2, 0.25) is 0 Å². The van der Waals surface area contributed by atoms with E-state index in [1.165, 1.54) is 0 Å². The van der Waals surface area contributed by atoms with Crippen molar-refractivity contribution in [2.75, 3.05) is 0 Å². The summed E-state index contributed by atoms with van der Waals surface area (Å²) in [6.45, 7) is 0. The van der Waals surface area contributed by atoms with E-state index in [0.29, 0.717) is 0 Å². The summed E-state index contributed by atoms with van der Waals surface area (Å²) in [6.07, 6.45) is 0. The zero-order chi connectivity index (χ0) is 11.5. The van der Waals surface area contributed by atoms with Crippen LogP contribution in [0.1, 0.15) is 10.4 Å². The van der Waals surface area contributed by atoms with Crippen LogP contribution in [-0.2, 0) is 0 Å². The van der Waals surface area contributed by atoms with E-state index in [4.69, 9.17) is 34.8 Å². The lowest BCUT2D eigenvalue weighted by atomic mass is 10.0. The third-order valence-corrected chi connectivity index (χ3v) is 3.04. The molecule has 0 fully saturated rings. The van der Waals surface area contributed by atoms with Crippen molar-refractivity contribution in [2.24, 2.45) is 0 Å². The lowest BCUT2D eigenvalue weighted by Crippen LogP contribution is -1.83. The molecular weight excluding hydrogens is 263 g/mol. The molecule has 0 spiro atoms. The summed E-state index contributed by atoms with van der Waals surface area (Å²) in [7, 11) is 0. The first kappa shape index (κ1) is 11.8. The first-order valence-corrected chi connectivity index (χ1v) is 6.06. The van der Waals surface area contributed by atoms with Crippen molar-refractivity contribution in [1.29, 1.82) is 0 Å². The number of alkyl halides is 2. The van der Waals surface area contributed by atoms with Gasteiger partial charge in [-0.3, -0.25) is 0 Å². The minimum Gasteiger partial charge on any atom is -0.100 e. The van der Waals surface area contributed by atoms with Crippen molar-refractivity contribution in [3.8, 4) is 11.1 Å². The second-order valence-corrected chi connectivity index (χ2v) is 4.97. The van der Waals surface area contributed by atoms with Crippen LogP contribution in [0.5, 0.6) is 0 Å². The lowest BCUT2D eigenvalue weighted by Gasteiger charge is -2.06. The largest absolute Gasteiger partial charge is 0.132 e. The summed E-state index contributed by atoms with van der Waals surface area (Å²) in [5.74, 6) is 0. The zero-order valence-corrected chi connectivity index (χ0v) is 10.6. The molecule has 0 nitrogen and oxygen atoms in total. The molecule has 3 heteroatoms. The third kappa shape index (κ3) is 2.70. The summed E-state index contributed by atoms with van der Waals surface area (Å²) in [4.78, 5) is -0.501. The topological polar surface area (TPSA) is 0 Å². The highest BCUT2D eigenvalue weighted by molar-refractivity contribution is 6.44. The Balaban J connectivity index is 2.44. The fraction of sp³-hybridized carbons (Fsp3) is 0.0769. The minimum atomic E-state index is -0.501. The molecule has 2 rings (SSSR count). The Hall–Kier alpha value is -0.690. The van der Waals surface area contributed by atoms with E-state index in [2.05, 4.69) is 0 Å². The second-order valence-electron chi connectivity index (χ2n) is 3.44. The molecule has 0 aliphatic heterocycles. The molecule has 0 aliphatic rings. The maximum Gasteiger partial charge on any atom is 0.132 e. The molecule has 0 amide bonds. The third-order valence-electron chi connectivity index (χ3n) is 2.30. The van der Waals surface area contributed by atoms with Gasteiger partial charge in [0.1, 0.15) is 4.84 Å². The Labute approximate surface area is 110 Å². The highest BCUT2D eigenvalue weighted by atomic mass is 35.5. The van der Waals surface area contributed by atoms with Crippen molar-refractivity contribution in [2.45, 2.75) is 4.84 Å². The average molecular weight is 272 g/mol. The van der Waals surface area contributed by atoms with Gasteiger partial charge in [0.15, 0.2) is 0 Å². The van der Waals surface area contributed by atoms with Gasteiger partial charge >= 0.3 is 0 Å². The van der Waals surface area contributed by atoms with Crippen LogP contribution in [0.25, 0.3) is 11.1 Å². The molecule has 0 aromatic heterocycles. The maximum absolute atomic E-state index is 5.94. The van der Waals surface area contributed by atoms with Gasteiger partial charge in [-0.2, -0.15) is 0 Å². The number of hydrogen-bond donors (Lipinski definition) is 0. The molecule has 0 radical (unpaired) electrons. The predicted molar refractivity (Wildman–Crippen MR) is 71.3 cm³/mol. The first-order valence-electron chi connectivity index (χ1n) is 4.81. The van der Waals surface area contributed by atoms with Gasteiger partial charge in [-0.25, -0.2) is 0 Å². The van der Waals surface area contributed by atoms with E-state index >= 15 is 0 Å². The second kappa shape index (κ2) is 5.09. The van der Waals surface area contributed by atoms with Crippen LogP contribution in [0.3, 0.4) is 0 Å². The number of halogens is 3. The molecule has 82 valence electrons. The smallest absolute Gasteiger partial charge is 0.100 e. The van der Waals surface area contributed by atoms with Crippen molar-refractivity contribution in [3.05, 3.63) is 59.1 Å². The summed E-state index contributed by atoms with van der Waals surface area (Å²) in [5, 5.41) is 0.719. The highest BCUT2D eigenvalue weighted by Gasteiger charge is 2.05. The molecule has 0 saturated carbocycles. The molecule has 0 bridgehead atoms. The fourth-order valence-electron chi connectivity index (χ4n) is 1.52. The van der Waals surface area contributed by atoms with E-state index < -0.39 is 4.84 Å². The Bertz CT molecular complexity index is 492. The van der Waals surface area contributed by atoms with E-state index in [1.807, 2.05) is 48.5 Å². The highest BCUT2D eigenvalue weighted by Crippen LogP contribution is 2.29. The van der Waals surface area contributed by atoms with E-state index in [0.717, 1.165) is 21.7 Å². The summed E-state index contributed by atoms with van der Waals surface area (Å²) >= 11 is 17.6. The summed E-state index contributed by atoms with van der Waals surface area (Å²) in [6, 6.07) is 15.5. The monoisotopic (exact) mass is 270 g/mol. The molecule has 2 aromatic carbocycles. The minimum absolute atomic E-state index is 0.501. The van der Waals surface area contributed by atoms with Crippen molar-refractivity contribution >= 4 is 34.8 Å².